The van der Waals surface area contributed by atoms with Crippen LogP contribution >= 0.6 is 0 Å². The zero-order valence-corrected chi connectivity index (χ0v) is 37.7. The highest BCUT2D eigenvalue weighted by molar-refractivity contribution is 5.90. The molecule has 312 valence electrons. The Kier molecular flexibility index (Phi) is 20.8. The molecule has 2 rings (SSSR count). The highest BCUT2D eigenvalue weighted by Gasteiger charge is 2.24. The first-order chi connectivity index (χ1) is 25.7. The topological polar surface area (TPSA) is 64.6 Å². The van der Waals surface area contributed by atoms with Crippen LogP contribution in [-0.2, 0) is 31.1 Å². The van der Waals surface area contributed by atoms with E-state index in [-0.39, 0.29) is 33.6 Å². The van der Waals surface area contributed by atoms with Crippen molar-refractivity contribution in [3.8, 4) is 0 Å². The molecule has 0 amide bonds. The number of esters is 2. The van der Waals surface area contributed by atoms with Gasteiger partial charge < -0.3 is 14.8 Å². The van der Waals surface area contributed by atoms with Gasteiger partial charge in [-0.05, 0) is 107 Å². The third-order valence-electron chi connectivity index (χ3n) is 10.8. The summed E-state index contributed by atoms with van der Waals surface area (Å²) in [5, 5.41) is 3.64. The molecule has 2 aromatic carbocycles. The summed E-state index contributed by atoms with van der Waals surface area (Å²) in [6, 6.07) is 12.5. The van der Waals surface area contributed by atoms with E-state index >= 15 is 0 Å². The zero-order chi connectivity index (χ0) is 41.1. The van der Waals surface area contributed by atoms with E-state index in [4.69, 9.17) is 9.47 Å². The summed E-state index contributed by atoms with van der Waals surface area (Å²) in [5.41, 5.74) is 6.01. The first-order valence-corrected chi connectivity index (χ1v) is 22.1. The molecule has 0 bridgehead atoms. The SMILES string of the molecule is CC(C)(C)c1cc(C(=O)OCCCCCCCCCCNCCCCCCCCCCOC(=O)c2cc(C(C)(C)C)cc(C(C)(C)C)c2)cc(C(C)(C)C)c1. The van der Waals surface area contributed by atoms with Crippen LogP contribution in [0.4, 0.5) is 0 Å². The van der Waals surface area contributed by atoms with Crippen molar-refractivity contribution >= 4 is 11.9 Å². The maximum Gasteiger partial charge on any atom is 0.338 e. The molecule has 0 saturated carbocycles. The van der Waals surface area contributed by atoms with Crippen LogP contribution < -0.4 is 5.32 Å². The molecule has 0 heterocycles. The van der Waals surface area contributed by atoms with Crippen molar-refractivity contribution in [2.75, 3.05) is 26.3 Å². The van der Waals surface area contributed by atoms with Gasteiger partial charge in [-0.15, -0.1) is 0 Å². The van der Waals surface area contributed by atoms with Crippen LogP contribution in [0.5, 0.6) is 0 Å². The minimum absolute atomic E-state index is 0.0167. The predicted octanol–water partition coefficient (Wildman–Crippen LogP) is 13.7. The average molecular weight is 762 g/mol. The second kappa shape index (κ2) is 23.5. The average Bonchev–Trinajstić information content (AvgIpc) is 3.09. The van der Waals surface area contributed by atoms with Crippen molar-refractivity contribution in [1.82, 2.24) is 5.32 Å². The lowest BCUT2D eigenvalue weighted by Gasteiger charge is -2.26. The fourth-order valence-corrected chi connectivity index (χ4v) is 6.67. The van der Waals surface area contributed by atoms with Crippen molar-refractivity contribution in [2.45, 2.75) is 207 Å². The monoisotopic (exact) mass is 762 g/mol. The van der Waals surface area contributed by atoms with Gasteiger partial charge in [-0.3, -0.25) is 0 Å². The Bertz CT molecular complexity index is 1240. The second-order valence-electron chi connectivity index (χ2n) is 20.3. The van der Waals surface area contributed by atoms with Crippen LogP contribution in [-0.4, -0.2) is 38.2 Å². The number of unbranched alkanes of at least 4 members (excludes halogenated alkanes) is 14. The number of hydrogen-bond donors (Lipinski definition) is 1. The molecule has 0 unspecified atom stereocenters. The van der Waals surface area contributed by atoms with Crippen molar-refractivity contribution in [2.24, 2.45) is 0 Å². The van der Waals surface area contributed by atoms with Gasteiger partial charge in [-0.1, -0.05) is 172 Å². The highest BCUT2D eigenvalue weighted by Crippen LogP contribution is 2.32. The second-order valence-corrected chi connectivity index (χ2v) is 20.3. The maximum absolute atomic E-state index is 12.9. The van der Waals surface area contributed by atoms with Gasteiger partial charge in [0.25, 0.3) is 0 Å². The minimum Gasteiger partial charge on any atom is -0.462 e. The molecule has 0 aliphatic heterocycles. The molecule has 0 fully saturated rings. The molecule has 5 heteroatoms. The van der Waals surface area contributed by atoms with E-state index in [9.17, 15) is 9.59 Å². The van der Waals surface area contributed by atoms with Gasteiger partial charge >= 0.3 is 11.9 Å². The Morgan fingerprint density at radius 2 is 0.618 bits per heavy atom. The summed E-state index contributed by atoms with van der Waals surface area (Å²) in [6.07, 6.45) is 19.4. The molecule has 0 spiro atoms. The lowest BCUT2D eigenvalue weighted by atomic mass is 9.79. The first kappa shape index (κ1) is 48.5. The van der Waals surface area contributed by atoms with Crippen LogP contribution in [0.1, 0.15) is 229 Å². The number of ether oxygens (including phenoxy) is 2. The summed E-state index contributed by atoms with van der Waals surface area (Å²) in [7, 11) is 0. The normalized spacial score (nSPS) is 12.6. The smallest absolute Gasteiger partial charge is 0.338 e. The quantitative estimate of drug-likeness (QED) is 0.0852. The Balaban J connectivity index is 1.40. The fourth-order valence-electron chi connectivity index (χ4n) is 6.67. The molecule has 0 saturated heterocycles. The van der Waals surface area contributed by atoms with E-state index < -0.39 is 0 Å². The highest BCUT2D eigenvalue weighted by atomic mass is 16.5. The first-order valence-electron chi connectivity index (χ1n) is 22.1. The summed E-state index contributed by atoms with van der Waals surface area (Å²) in [5.74, 6) is -0.391. The molecule has 2 aromatic rings. The number of nitrogens with one attached hydrogen (secondary N) is 1. The minimum atomic E-state index is -0.195. The summed E-state index contributed by atoms with van der Waals surface area (Å²) in [6.45, 7) is 29.5. The van der Waals surface area contributed by atoms with Crippen LogP contribution in [0.15, 0.2) is 36.4 Å². The maximum atomic E-state index is 12.9. The van der Waals surface area contributed by atoms with E-state index in [0.717, 1.165) is 38.8 Å². The van der Waals surface area contributed by atoms with Gasteiger partial charge in [0.05, 0.1) is 24.3 Å². The molecule has 0 aromatic heterocycles. The lowest BCUT2D eigenvalue weighted by Crippen LogP contribution is -2.18. The van der Waals surface area contributed by atoms with E-state index in [1.807, 2.05) is 24.3 Å². The van der Waals surface area contributed by atoms with Crippen LogP contribution in [0, 0.1) is 0 Å². The zero-order valence-electron chi connectivity index (χ0n) is 37.7. The van der Waals surface area contributed by atoms with Crippen molar-refractivity contribution in [1.29, 1.82) is 0 Å². The van der Waals surface area contributed by atoms with Crippen LogP contribution in [0.2, 0.25) is 0 Å². The number of carbonyl (C=O) groups is 2. The van der Waals surface area contributed by atoms with Gasteiger partial charge in [-0.25, -0.2) is 9.59 Å². The predicted molar refractivity (Wildman–Crippen MR) is 235 cm³/mol. The number of hydrogen-bond acceptors (Lipinski definition) is 5. The number of rotatable bonds is 24. The van der Waals surface area contributed by atoms with Crippen LogP contribution in [0.3, 0.4) is 0 Å². The lowest BCUT2D eigenvalue weighted by molar-refractivity contribution is 0.0488. The third kappa shape index (κ3) is 19.9. The van der Waals surface area contributed by atoms with E-state index in [0.29, 0.717) is 24.3 Å². The van der Waals surface area contributed by atoms with Crippen LogP contribution in [0.25, 0.3) is 0 Å². The fraction of sp³-hybridized carbons (Fsp3) is 0.720. The third-order valence-corrected chi connectivity index (χ3v) is 10.8. The van der Waals surface area contributed by atoms with Crippen molar-refractivity contribution in [3.05, 3.63) is 69.8 Å². The van der Waals surface area contributed by atoms with Gasteiger partial charge in [-0.2, -0.15) is 0 Å². The standard InChI is InChI=1S/C50H83NO4/c1-47(2,3)41-33-39(34-42(37-41)48(4,5)6)45(52)54-31-27-23-19-15-13-17-21-25-29-51-30-26-22-18-14-16-20-24-28-32-55-46(53)40-35-43(49(7,8)9)38-44(36-40)50(10,11)12/h33-38,51H,13-32H2,1-12H3. The van der Waals surface area contributed by atoms with Gasteiger partial charge in [0.1, 0.15) is 0 Å². The molecule has 0 aliphatic carbocycles. The van der Waals surface area contributed by atoms with E-state index in [2.05, 4.69) is 101 Å². The van der Waals surface area contributed by atoms with Gasteiger partial charge in [0.15, 0.2) is 0 Å². The molecule has 0 aliphatic rings. The molecular formula is C50H83NO4. The van der Waals surface area contributed by atoms with Crippen molar-refractivity contribution < 1.29 is 19.1 Å². The summed E-state index contributed by atoms with van der Waals surface area (Å²) >= 11 is 0. The van der Waals surface area contributed by atoms with Crippen molar-refractivity contribution in [3.63, 3.8) is 0 Å². The Morgan fingerprint density at radius 3 is 0.873 bits per heavy atom. The Hall–Kier alpha value is -2.66. The summed E-state index contributed by atoms with van der Waals surface area (Å²) < 4.78 is 11.4. The number of benzene rings is 2. The molecule has 5 nitrogen and oxygen atoms in total. The molecule has 55 heavy (non-hydrogen) atoms. The molecule has 0 atom stereocenters. The Labute approximate surface area is 338 Å². The van der Waals surface area contributed by atoms with E-state index in [1.54, 1.807) is 0 Å². The Morgan fingerprint density at radius 1 is 0.382 bits per heavy atom. The molecular weight excluding hydrogens is 679 g/mol. The number of carbonyl (C=O) groups excluding carboxylic acids is 2. The largest absolute Gasteiger partial charge is 0.462 e. The molecule has 0 radical (unpaired) electrons. The van der Waals surface area contributed by atoms with E-state index in [1.165, 1.54) is 99.3 Å². The van der Waals surface area contributed by atoms with Gasteiger partial charge in [0, 0.05) is 0 Å². The summed E-state index contributed by atoms with van der Waals surface area (Å²) in [4.78, 5) is 25.7. The van der Waals surface area contributed by atoms with Gasteiger partial charge in [0.2, 0.25) is 0 Å². The molecule has 1 N–H and O–H groups in total.